The molecule has 2 amide bonds. The lowest BCUT2D eigenvalue weighted by molar-refractivity contribution is -0.144. The van der Waals surface area contributed by atoms with Crippen LogP contribution in [-0.2, 0) is 16.0 Å². The molecule has 1 aromatic heterocycles. The Labute approximate surface area is 205 Å². The summed E-state index contributed by atoms with van der Waals surface area (Å²) in [4.78, 5) is 33.7. The number of rotatable bonds is 9. The average molecular weight is 488 g/mol. The van der Waals surface area contributed by atoms with Gasteiger partial charge in [-0.05, 0) is 73.6 Å². The molecule has 3 heterocycles. The van der Waals surface area contributed by atoms with E-state index >= 15 is 0 Å². The quantitative estimate of drug-likeness (QED) is 0.537. The highest BCUT2D eigenvalue weighted by Gasteiger charge is 2.34. The van der Waals surface area contributed by atoms with Crippen molar-refractivity contribution in [2.24, 2.45) is 5.92 Å². The van der Waals surface area contributed by atoms with Gasteiger partial charge in [0.1, 0.15) is 18.2 Å². The van der Waals surface area contributed by atoms with E-state index in [1.54, 1.807) is 28.4 Å². The van der Waals surface area contributed by atoms with E-state index in [1.807, 2.05) is 24.1 Å². The fourth-order valence-electron chi connectivity index (χ4n) is 4.74. The summed E-state index contributed by atoms with van der Waals surface area (Å²) in [6, 6.07) is 7.75. The topological polar surface area (TPSA) is 53.1 Å². The molecule has 8 heteroatoms. The van der Waals surface area contributed by atoms with Gasteiger partial charge >= 0.3 is 0 Å². The maximum Gasteiger partial charge on any atom is 0.242 e. The first-order valence-corrected chi connectivity index (χ1v) is 13.1. The third kappa shape index (κ3) is 5.96. The van der Waals surface area contributed by atoms with E-state index in [0.717, 1.165) is 31.6 Å². The molecule has 0 aliphatic carbocycles. The Morgan fingerprint density at radius 1 is 1.15 bits per heavy atom. The number of benzene rings is 1. The number of carbonyl (C=O) groups is 2. The molecule has 1 saturated heterocycles. The lowest BCUT2D eigenvalue weighted by Crippen LogP contribution is -2.49. The molecule has 1 fully saturated rings. The minimum Gasteiger partial charge on any atom is -0.491 e. The van der Waals surface area contributed by atoms with Gasteiger partial charge in [0, 0.05) is 30.4 Å². The molecule has 6 nitrogen and oxygen atoms in total. The Morgan fingerprint density at radius 3 is 2.59 bits per heavy atom. The lowest BCUT2D eigenvalue weighted by Gasteiger charge is -2.37. The van der Waals surface area contributed by atoms with Gasteiger partial charge in [0.15, 0.2) is 0 Å². The molecule has 34 heavy (non-hydrogen) atoms. The molecule has 4 rings (SSSR count). The number of hydrogen-bond donors (Lipinski definition) is 0. The van der Waals surface area contributed by atoms with Gasteiger partial charge in [-0.25, -0.2) is 4.39 Å². The molecule has 0 saturated carbocycles. The van der Waals surface area contributed by atoms with Crippen molar-refractivity contribution in [3.63, 3.8) is 0 Å². The SMILES string of the molecule is CC(C)C(=O)N(CCN1CCCC1)CC(=O)N1CCc2sccc2[C@@H]1COc1ccc(F)cc1. The number of halogens is 1. The van der Waals surface area contributed by atoms with E-state index in [-0.39, 0.29) is 42.7 Å². The van der Waals surface area contributed by atoms with E-state index in [1.165, 1.54) is 29.9 Å². The van der Waals surface area contributed by atoms with Crippen molar-refractivity contribution in [1.82, 2.24) is 14.7 Å². The molecule has 2 aliphatic heterocycles. The zero-order valence-corrected chi connectivity index (χ0v) is 20.9. The number of ether oxygens (including phenoxy) is 1. The van der Waals surface area contributed by atoms with Gasteiger partial charge in [-0.15, -0.1) is 11.3 Å². The molecular weight excluding hydrogens is 453 g/mol. The highest BCUT2D eigenvalue weighted by molar-refractivity contribution is 7.10. The van der Waals surface area contributed by atoms with Gasteiger partial charge in [-0.2, -0.15) is 0 Å². The minimum atomic E-state index is -0.314. The van der Waals surface area contributed by atoms with E-state index in [2.05, 4.69) is 11.0 Å². The van der Waals surface area contributed by atoms with Gasteiger partial charge in [0.05, 0.1) is 12.6 Å². The number of thiophene rings is 1. The summed E-state index contributed by atoms with van der Waals surface area (Å²) in [7, 11) is 0. The first-order valence-electron chi connectivity index (χ1n) is 12.2. The number of carbonyl (C=O) groups excluding carboxylic acids is 2. The summed E-state index contributed by atoms with van der Waals surface area (Å²) in [5.74, 6) is 0.0536. The summed E-state index contributed by atoms with van der Waals surface area (Å²) < 4.78 is 19.2. The summed E-state index contributed by atoms with van der Waals surface area (Å²) in [5, 5.41) is 2.05. The highest BCUT2D eigenvalue weighted by Crippen LogP contribution is 2.34. The van der Waals surface area contributed by atoms with Crippen LogP contribution in [0.15, 0.2) is 35.7 Å². The standard InChI is InChI=1S/C26H34FN3O3S/c1-19(2)26(32)29(15-14-28-11-3-4-12-28)17-25(31)30-13-9-24-22(10-16-34-24)23(30)18-33-21-7-5-20(27)6-8-21/h5-8,10,16,19,23H,3-4,9,11-15,17-18H2,1-2H3/t23-/m0/s1. The fraction of sp³-hybridized carbons (Fsp3) is 0.538. The summed E-state index contributed by atoms with van der Waals surface area (Å²) >= 11 is 1.70. The number of hydrogen-bond acceptors (Lipinski definition) is 5. The maximum absolute atomic E-state index is 13.5. The zero-order chi connectivity index (χ0) is 24.1. The van der Waals surface area contributed by atoms with Crippen molar-refractivity contribution < 1.29 is 18.7 Å². The normalized spacial score (nSPS) is 18.2. The van der Waals surface area contributed by atoms with Gasteiger partial charge < -0.3 is 19.4 Å². The molecule has 0 bridgehead atoms. The van der Waals surface area contributed by atoms with Crippen molar-refractivity contribution in [1.29, 1.82) is 0 Å². The molecule has 0 radical (unpaired) electrons. The largest absolute Gasteiger partial charge is 0.491 e. The van der Waals surface area contributed by atoms with Crippen LogP contribution in [0.2, 0.25) is 0 Å². The molecule has 0 N–H and O–H groups in total. The molecule has 0 spiro atoms. The van der Waals surface area contributed by atoms with Crippen molar-refractivity contribution in [2.45, 2.75) is 39.2 Å². The molecule has 184 valence electrons. The van der Waals surface area contributed by atoms with Crippen LogP contribution in [0.4, 0.5) is 4.39 Å². The van der Waals surface area contributed by atoms with Crippen LogP contribution in [0.5, 0.6) is 5.75 Å². The van der Waals surface area contributed by atoms with Crippen molar-refractivity contribution in [3.8, 4) is 5.75 Å². The van der Waals surface area contributed by atoms with Gasteiger partial charge in [0.25, 0.3) is 0 Å². The maximum atomic E-state index is 13.5. The first-order chi connectivity index (χ1) is 16.4. The third-order valence-electron chi connectivity index (χ3n) is 6.65. The summed E-state index contributed by atoms with van der Waals surface area (Å²) in [6.07, 6.45) is 3.20. The van der Waals surface area contributed by atoms with Crippen LogP contribution in [-0.4, -0.2) is 72.4 Å². The number of likely N-dealkylation sites (tertiary alicyclic amines) is 1. The monoisotopic (exact) mass is 487 g/mol. The summed E-state index contributed by atoms with van der Waals surface area (Å²) in [6.45, 7) is 8.22. The van der Waals surface area contributed by atoms with Crippen molar-refractivity contribution in [3.05, 3.63) is 52.0 Å². The van der Waals surface area contributed by atoms with Crippen LogP contribution in [0.1, 0.15) is 43.2 Å². The predicted octanol–water partition coefficient (Wildman–Crippen LogP) is 3.97. The van der Waals surface area contributed by atoms with E-state index in [0.29, 0.717) is 18.8 Å². The average Bonchev–Trinajstić information content (AvgIpc) is 3.52. The number of nitrogens with zero attached hydrogens (tertiary/aromatic N) is 3. The zero-order valence-electron chi connectivity index (χ0n) is 20.0. The minimum absolute atomic E-state index is 0.0138. The van der Waals surface area contributed by atoms with Crippen molar-refractivity contribution >= 4 is 23.2 Å². The Bertz CT molecular complexity index is 972. The Morgan fingerprint density at radius 2 is 1.88 bits per heavy atom. The van der Waals surface area contributed by atoms with Gasteiger partial charge in [-0.1, -0.05) is 13.8 Å². The van der Waals surface area contributed by atoms with E-state index in [4.69, 9.17) is 4.74 Å². The number of amides is 2. The van der Waals surface area contributed by atoms with Crippen molar-refractivity contribution in [2.75, 3.05) is 45.9 Å². The molecule has 2 aliphatic rings. The second-order valence-corrected chi connectivity index (χ2v) is 10.4. The Hall–Kier alpha value is -2.45. The van der Waals surface area contributed by atoms with Crippen LogP contribution < -0.4 is 4.74 Å². The second kappa shape index (κ2) is 11.3. The molecule has 0 unspecified atom stereocenters. The fourth-order valence-corrected chi connectivity index (χ4v) is 5.66. The van der Waals surface area contributed by atoms with Crippen LogP contribution in [0.25, 0.3) is 0 Å². The highest BCUT2D eigenvalue weighted by atomic mass is 32.1. The smallest absolute Gasteiger partial charge is 0.242 e. The predicted molar refractivity (Wildman–Crippen MR) is 131 cm³/mol. The molecular formula is C26H34FN3O3S. The van der Waals surface area contributed by atoms with Crippen LogP contribution >= 0.6 is 11.3 Å². The van der Waals surface area contributed by atoms with Crippen LogP contribution in [0, 0.1) is 11.7 Å². The second-order valence-electron chi connectivity index (χ2n) is 9.38. The van der Waals surface area contributed by atoms with Crippen LogP contribution in [0.3, 0.4) is 0 Å². The van der Waals surface area contributed by atoms with E-state index in [9.17, 15) is 14.0 Å². The van der Waals surface area contributed by atoms with Gasteiger partial charge in [0.2, 0.25) is 11.8 Å². The third-order valence-corrected chi connectivity index (χ3v) is 7.65. The molecule has 1 aromatic carbocycles. The lowest BCUT2D eigenvalue weighted by atomic mass is 10.00. The van der Waals surface area contributed by atoms with Gasteiger partial charge in [-0.3, -0.25) is 9.59 Å². The Balaban J connectivity index is 1.46. The summed E-state index contributed by atoms with van der Waals surface area (Å²) in [5.41, 5.74) is 1.10. The van der Waals surface area contributed by atoms with E-state index < -0.39 is 0 Å². The Kier molecular flexibility index (Phi) is 8.21. The molecule has 2 aromatic rings. The number of fused-ring (bicyclic) bond motifs is 1. The first kappa shape index (κ1) is 24.7. The molecule has 1 atom stereocenters.